The highest BCUT2D eigenvalue weighted by atomic mass is 127. The third kappa shape index (κ3) is 2.36. The monoisotopic (exact) mass is 342 g/mol. The second-order valence-corrected chi connectivity index (χ2v) is 5.46. The Morgan fingerprint density at radius 2 is 2.18 bits per heavy atom. The molecule has 0 radical (unpaired) electrons. The molecule has 4 nitrogen and oxygen atoms in total. The summed E-state index contributed by atoms with van der Waals surface area (Å²) in [7, 11) is 0. The lowest BCUT2D eigenvalue weighted by atomic mass is 9.76. The van der Waals surface area contributed by atoms with Crippen LogP contribution < -0.4 is 0 Å². The molecule has 1 amide bonds. The highest BCUT2D eigenvalue weighted by molar-refractivity contribution is 14.1. The lowest BCUT2D eigenvalue weighted by Gasteiger charge is -2.44. The van der Waals surface area contributed by atoms with E-state index in [1.165, 1.54) is 4.90 Å². The summed E-state index contributed by atoms with van der Waals surface area (Å²) in [6, 6.07) is 10.1. The first kappa shape index (κ1) is 12.2. The van der Waals surface area contributed by atoms with Gasteiger partial charge in [0.2, 0.25) is 0 Å². The summed E-state index contributed by atoms with van der Waals surface area (Å²) in [5.74, 6) is 0. The van der Waals surface area contributed by atoms with Crippen molar-refractivity contribution >= 4 is 28.7 Å². The van der Waals surface area contributed by atoms with Gasteiger partial charge in [-0.1, -0.05) is 18.2 Å². The summed E-state index contributed by atoms with van der Waals surface area (Å²) in [5, 5.41) is 18.0. The number of carboxylic acid groups (broad SMARTS) is 1. The maximum atomic E-state index is 10.7. The van der Waals surface area contributed by atoms with Crippen molar-refractivity contribution in [1.82, 2.24) is 4.90 Å². The molecule has 0 spiro atoms. The standard InChI is InChI=1S/C12H11IN2O2/c13-10-4-2-1-3-9(10)5-12(6-14)7-15(8-12)11(16)17/h1-4H,5,7-8H2,(H,16,17). The first-order valence-corrected chi connectivity index (χ1v) is 6.27. The number of carbonyl (C=O) groups is 1. The maximum absolute atomic E-state index is 10.7. The van der Waals surface area contributed by atoms with Gasteiger partial charge in [-0.25, -0.2) is 4.79 Å². The van der Waals surface area contributed by atoms with Crippen molar-refractivity contribution in [2.24, 2.45) is 5.41 Å². The van der Waals surface area contributed by atoms with Gasteiger partial charge < -0.3 is 10.0 Å². The largest absolute Gasteiger partial charge is 0.465 e. The fourth-order valence-corrected chi connectivity index (χ4v) is 2.63. The molecule has 0 atom stereocenters. The average molecular weight is 342 g/mol. The van der Waals surface area contributed by atoms with Crippen LogP contribution >= 0.6 is 22.6 Å². The molecule has 0 aromatic heterocycles. The molecule has 1 saturated heterocycles. The first-order valence-electron chi connectivity index (χ1n) is 5.19. The molecule has 1 N–H and O–H groups in total. The first-order chi connectivity index (χ1) is 8.06. The van der Waals surface area contributed by atoms with E-state index in [1.54, 1.807) is 0 Å². The molecule has 17 heavy (non-hydrogen) atoms. The van der Waals surface area contributed by atoms with Crippen molar-refractivity contribution in [3.63, 3.8) is 0 Å². The Bertz CT molecular complexity index is 490. The van der Waals surface area contributed by atoms with Crippen molar-refractivity contribution in [3.8, 4) is 6.07 Å². The van der Waals surface area contributed by atoms with Crippen LogP contribution in [-0.2, 0) is 6.42 Å². The number of benzene rings is 1. The Labute approximate surface area is 113 Å². The van der Waals surface area contributed by atoms with Crippen molar-refractivity contribution in [2.45, 2.75) is 6.42 Å². The van der Waals surface area contributed by atoms with E-state index in [4.69, 9.17) is 5.11 Å². The second kappa shape index (κ2) is 4.53. The van der Waals surface area contributed by atoms with Gasteiger partial charge in [0.1, 0.15) is 0 Å². The van der Waals surface area contributed by atoms with Gasteiger partial charge in [-0.15, -0.1) is 0 Å². The van der Waals surface area contributed by atoms with Crippen LogP contribution in [0, 0.1) is 20.3 Å². The van der Waals surface area contributed by atoms with Crippen molar-refractivity contribution in [1.29, 1.82) is 5.26 Å². The van der Waals surface area contributed by atoms with Gasteiger partial charge in [0.05, 0.1) is 11.5 Å². The average Bonchev–Trinajstić information content (AvgIpc) is 2.25. The van der Waals surface area contributed by atoms with Crippen LogP contribution in [0.25, 0.3) is 0 Å². The lowest BCUT2D eigenvalue weighted by Crippen LogP contribution is -2.58. The van der Waals surface area contributed by atoms with Gasteiger partial charge in [-0.2, -0.15) is 5.26 Å². The quantitative estimate of drug-likeness (QED) is 0.839. The van der Waals surface area contributed by atoms with E-state index in [0.717, 1.165) is 9.13 Å². The zero-order chi connectivity index (χ0) is 12.5. The maximum Gasteiger partial charge on any atom is 0.407 e. The molecular weight excluding hydrogens is 331 g/mol. The number of likely N-dealkylation sites (tertiary alicyclic amines) is 1. The minimum atomic E-state index is -0.946. The second-order valence-electron chi connectivity index (χ2n) is 4.30. The van der Waals surface area contributed by atoms with Crippen LogP contribution in [0.4, 0.5) is 4.79 Å². The molecule has 1 heterocycles. The third-order valence-electron chi connectivity index (χ3n) is 2.98. The summed E-state index contributed by atoms with van der Waals surface area (Å²) < 4.78 is 1.12. The minimum Gasteiger partial charge on any atom is -0.465 e. The van der Waals surface area contributed by atoms with E-state index in [9.17, 15) is 10.1 Å². The van der Waals surface area contributed by atoms with Crippen molar-refractivity contribution < 1.29 is 9.90 Å². The molecule has 1 aliphatic rings. The fraction of sp³-hybridized carbons (Fsp3) is 0.333. The Kier molecular flexibility index (Phi) is 3.24. The van der Waals surface area contributed by atoms with Gasteiger partial charge in [-0.05, 0) is 40.6 Å². The fourth-order valence-electron chi connectivity index (χ4n) is 2.05. The Morgan fingerprint density at radius 3 is 2.71 bits per heavy atom. The van der Waals surface area contributed by atoms with Gasteiger partial charge in [-0.3, -0.25) is 0 Å². The molecule has 0 saturated carbocycles. The zero-order valence-corrected chi connectivity index (χ0v) is 11.2. The highest BCUT2D eigenvalue weighted by Crippen LogP contribution is 2.34. The normalized spacial score (nSPS) is 17.1. The number of halogens is 1. The van der Waals surface area contributed by atoms with Crippen LogP contribution in [0.5, 0.6) is 0 Å². The smallest absolute Gasteiger partial charge is 0.407 e. The number of rotatable bonds is 2. The van der Waals surface area contributed by atoms with E-state index in [1.807, 2.05) is 24.3 Å². The van der Waals surface area contributed by atoms with E-state index in [0.29, 0.717) is 19.5 Å². The van der Waals surface area contributed by atoms with E-state index >= 15 is 0 Å². The predicted octanol–water partition coefficient (Wildman–Crippen LogP) is 2.34. The van der Waals surface area contributed by atoms with Gasteiger partial charge in [0.25, 0.3) is 0 Å². The summed E-state index contributed by atoms with van der Waals surface area (Å²) in [5.41, 5.74) is 0.569. The summed E-state index contributed by atoms with van der Waals surface area (Å²) in [4.78, 5) is 12.0. The molecule has 1 aromatic carbocycles. The molecule has 1 aliphatic heterocycles. The summed E-state index contributed by atoms with van der Waals surface area (Å²) in [6.45, 7) is 0.619. The molecule has 0 unspecified atom stereocenters. The SMILES string of the molecule is N#CC1(Cc2ccccc2I)CN(C(=O)O)C1. The molecule has 0 bridgehead atoms. The van der Waals surface area contributed by atoms with Crippen LogP contribution in [0.3, 0.4) is 0 Å². The van der Waals surface area contributed by atoms with Gasteiger partial charge >= 0.3 is 6.09 Å². The molecular formula is C12H11IN2O2. The Hall–Kier alpha value is -1.29. The predicted molar refractivity (Wildman–Crippen MR) is 70.5 cm³/mol. The number of nitriles is 1. The highest BCUT2D eigenvalue weighted by Gasteiger charge is 2.46. The molecule has 88 valence electrons. The number of nitrogens with zero attached hydrogens (tertiary/aromatic N) is 2. The van der Waals surface area contributed by atoms with Gasteiger partial charge in [0, 0.05) is 16.7 Å². The van der Waals surface area contributed by atoms with Crippen LogP contribution in [0.2, 0.25) is 0 Å². The molecule has 0 aliphatic carbocycles. The Morgan fingerprint density at radius 1 is 1.53 bits per heavy atom. The van der Waals surface area contributed by atoms with Gasteiger partial charge in [0.15, 0.2) is 0 Å². The van der Waals surface area contributed by atoms with Crippen molar-refractivity contribution in [3.05, 3.63) is 33.4 Å². The molecule has 2 rings (SSSR count). The van der Waals surface area contributed by atoms with E-state index in [2.05, 4.69) is 28.7 Å². The van der Waals surface area contributed by atoms with E-state index < -0.39 is 11.5 Å². The summed E-state index contributed by atoms with van der Waals surface area (Å²) >= 11 is 2.24. The number of hydrogen-bond donors (Lipinski definition) is 1. The number of hydrogen-bond acceptors (Lipinski definition) is 2. The molecule has 5 heteroatoms. The minimum absolute atomic E-state index is 0.309. The van der Waals surface area contributed by atoms with Crippen LogP contribution in [-0.4, -0.2) is 29.2 Å². The third-order valence-corrected chi connectivity index (χ3v) is 4.03. The topological polar surface area (TPSA) is 64.3 Å². The van der Waals surface area contributed by atoms with Crippen LogP contribution in [0.15, 0.2) is 24.3 Å². The zero-order valence-electron chi connectivity index (χ0n) is 9.06. The molecule has 1 fully saturated rings. The van der Waals surface area contributed by atoms with E-state index in [-0.39, 0.29) is 0 Å². The summed E-state index contributed by atoms with van der Waals surface area (Å²) in [6.07, 6.45) is -0.328. The lowest BCUT2D eigenvalue weighted by molar-refractivity contribution is 0.0464. The number of amides is 1. The molecule has 1 aromatic rings. The Balaban J connectivity index is 2.11. The van der Waals surface area contributed by atoms with Crippen LogP contribution in [0.1, 0.15) is 5.56 Å². The van der Waals surface area contributed by atoms with Crippen molar-refractivity contribution in [2.75, 3.05) is 13.1 Å².